The Labute approximate surface area is 205 Å². The molecule has 1 amide bonds. The Morgan fingerprint density at radius 2 is 1.91 bits per heavy atom. The van der Waals surface area contributed by atoms with Crippen LogP contribution in [0.15, 0.2) is 42.5 Å². The highest BCUT2D eigenvalue weighted by molar-refractivity contribution is 7.18. The number of aromatic nitrogens is 3. The Morgan fingerprint density at radius 3 is 2.70 bits per heavy atom. The summed E-state index contributed by atoms with van der Waals surface area (Å²) in [7, 11) is 0. The van der Waals surface area contributed by atoms with E-state index in [-0.39, 0.29) is 5.91 Å². The molecular weight excluding hydrogens is 474 g/mol. The molecule has 1 aliphatic rings. The maximum atomic E-state index is 12.5. The lowest BCUT2D eigenvalue weighted by Gasteiger charge is -2.30. The predicted molar refractivity (Wildman–Crippen MR) is 134 cm³/mol. The second-order valence-corrected chi connectivity index (χ2v) is 10.9. The standard InChI is InChI=1S/C24H24ClN5OS2/c1-15-2-4-16(5-3-15)13-26-22(31)24-29-28-21(33-24)14-30-10-8-17(9-11-30)23-27-19-12-18(25)6-7-20(19)32-23/h2-7,12,17H,8-11,13-14H2,1H3,(H,26,31). The maximum Gasteiger partial charge on any atom is 0.282 e. The zero-order chi connectivity index (χ0) is 22.8. The zero-order valence-electron chi connectivity index (χ0n) is 18.3. The summed E-state index contributed by atoms with van der Waals surface area (Å²) in [5.74, 6) is 0.309. The molecule has 2 aromatic heterocycles. The number of nitrogens with one attached hydrogen (secondary N) is 1. The Morgan fingerprint density at radius 1 is 1.12 bits per heavy atom. The van der Waals surface area contributed by atoms with Gasteiger partial charge < -0.3 is 5.32 Å². The first-order valence-corrected chi connectivity index (χ1v) is 13.0. The molecule has 0 saturated carbocycles. The van der Waals surface area contributed by atoms with Gasteiger partial charge >= 0.3 is 0 Å². The second kappa shape index (κ2) is 9.85. The van der Waals surface area contributed by atoms with Crippen LogP contribution in [0.3, 0.4) is 0 Å². The summed E-state index contributed by atoms with van der Waals surface area (Å²) in [5, 5.41) is 14.5. The lowest BCUT2D eigenvalue weighted by atomic mass is 9.97. The first-order valence-electron chi connectivity index (χ1n) is 11.0. The van der Waals surface area contributed by atoms with Gasteiger partial charge in [-0.1, -0.05) is 52.8 Å². The number of rotatable bonds is 6. The maximum absolute atomic E-state index is 12.5. The van der Waals surface area contributed by atoms with Gasteiger partial charge in [-0.25, -0.2) is 4.98 Å². The number of hydrogen-bond acceptors (Lipinski definition) is 7. The van der Waals surface area contributed by atoms with Gasteiger partial charge in [0.15, 0.2) is 0 Å². The molecule has 170 valence electrons. The quantitative estimate of drug-likeness (QED) is 0.385. The summed E-state index contributed by atoms with van der Waals surface area (Å²) >= 11 is 9.25. The topological polar surface area (TPSA) is 71.0 Å². The van der Waals surface area contributed by atoms with Crippen LogP contribution in [0, 0.1) is 6.92 Å². The van der Waals surface area contributed by atoms with Crippen LogP contribution in [0.5, 0.6) is 0 Å². The van der Waals surface area contributed by atoms with Crippen molar-refractivity contribution >= 4 is 50.4 Å². The van der Waals surface area contributed by atoms with E-state index in [1.54, 1.807) is 11.3 Å². The van der Waals surface area contributed by atoms with E-state index >= 15 is 0 Å². The van der Waals surface area contributed by atoms with E-state index in [9.17, 15) is 4.79 Å². The number of carbonyl (C=O) groups excluding carboxylic acids is 1. The molecule has 2 aromatic carbocycles. The number of aryl methyl sites for hydroxylation is 1. The highest BCUT2D eigenvalue weighted by Gasteiger charge is 2.24. The van der Waals surface area contributed by atoms with E-state index in [1.807, 2.05) is 43.3 Å². The van der Waals surface area contributed by atoms with Crippen molar-refractivity contribution in [2.24, 2.45) is 0 Å². The normalized spacial score (nSPS) is 15.2. The summed E-state index contributed by atoms with van der Waals surface area (Å²) in [4.78, 5) is 19.7. The Bertz CT molecular complexity index is 1260. The summed E-state index contributed by atoms with van der Waals surface area (Å²) < 4.78 is 1.19. The fourth-order valence-corrected chi connectivity index (χ4v) is 6.08. The first kappa shape index (κ1) is 22.4. The number of piperidine rings is 1. The number of nitrogens with zero attached hydrogens (tertiary/aromatic N) is 4. The number of halogens is 1. The number of benzene rings is 2. The molecule has 33 heavy (non-hydrogen) atoms. The minimum atomic E-state index is -0.172. The van der Waals surface area contributed by atoms with Crippen LogP contribution in [0.4, 0.5) is 0 Å². The van der Waals surface area contributed by atoms with Gasteiger partial charge in [0.05, 0.1) is 21.8 Å². The molecule has 0 bridgehead atoms. The molecule has 4 aromatic rings. The summed E-state index contributed by atoms with van der Waals surface area (Å²) in [6.45, 7) is 5.22. The number of carbonyl (C=O) groups is 1. The molecule has 6 nitrogen and oxygen atoms in total. The van der Waals surface area contributed by atoms with Crippen LogP contribution in [0.1, 0.15) is 49.7 Å². The second-order valence-electron chi connectivity index (χ2n) is 8.38. The van der Waals surface area contributed by atoms with Gasteiger partial charge in [0.1, 0.15) is 5.01 Å². The highest BCUT2D eigenvalue weighted by atomic mass is 35.5. The number of likely N-dealkylation sites (tertiary alicyclic amines) is 1. The molecule has 1 aliphatic heterocycles. The molecule has 0 radical (unpaired) electrons. The van der Waals surface area contributed by atoms with Gasteiger partial charge in [-0.15, -0.1) is 21.5 Å². The van der Waals surface area contributed by atoms with Crippen molar-refractivity contribution < 1.29 is 4.79 Å². The molecule has 0 unspecified atom stereocenters. The van der Waals surface area contributed by atoms with Crippen molar-refractivity contribution in [2.45, 2.75) is 38.8 Å². The van der Waals surface area contributed by atoms with Gasteiger partial charge in [-0.3, -0.25) is 9.69 Å². The molecule has 0 aliphatic carbocycles. The average molecular weight is 498 g/mol. The minimum Gasteiger partial charge on any atom is -0.346 e. The van der Waals surface area contributed by atoms with E-state index in [0.29, 0.717) is 17.5 Å². The van der Waals surface area contributed by atoms with Crippen molar-refractivity contribution in [1.82, 2.24) is 25.4 Å². The van der Waals surface area contributed by atoms with Gasteiger partial charge in [0.25, 0.3) is 5.91 Å². The van der Waals surface area contributed by atoms with Crippen LogP contribution < -0.4 is 5.32 Å². The molecule has 9 heteroatoms. The largest absolute Gasteiger partial charge is 0.346 e. The molecule has 1 saturated heterocycles. The molecule has 0 atom stereocenters. The van der Waals surface area contributed by atoms with E-state index < -0.39 is 0 Å². The summed E-state index contributed by atoms with van der Waals surface area (Å²) in [5.41, 5.74) is 3.26. The lowest BCUT2D eigenvalue weighted by Crippen LogP contribution is -2.32. The van der Waals surface area contributed by atoms with Crippen molar-refractivity contribution in [3.8, 4) is 0 Å². The molecule has 1 fully saturated rings. The monoisotopic (exact) mass is 497 g/mol. The van der Waals surface area contributed by atoms with Gasteiger partial charge in [0.2, 0.25) is 5.01 Å². The highest BCUT2D eigenvalue weighted by Crippen LogP contribution is 2.35. The third-order valence-electron chi connectivity index (χ3n) is 5.90. The molecule has 3 heterocycles. The fourth-order valence-electron chi connectivity index (χ4n) is 4.00. The first-order chi connectivity index (χ1) is 16.0. The predicted octanol–water partition coefficient (Wildman–Crippen LogP) is 5.42. The molecular formula is C24H24ClN5OS2. The fraction of sp³-hybridized carbons (Fsp3) is 0.333. The third kappa shape index (κ3) is 5.41. The number of amides is 1. The number of fused-ring (bicyclic) bond motifs is 1. The van der Waals surface area contributed by atoms with Crippen molar-refractivity contribution in [2.75, 3.05) is 13.1 Å². The summed E-state index contributed by atoms with van der Waals surface area (Å²) in [6.07, 6.45) is 2.13. The zero-order valence-corrected chi connectivity index (χ0v) is 20.6. The number of thiazole rings is 1. The Kier molecular flexibility index (Phi) is 6.69. The number of hydrogen-bond donors (Lipinski definition) is 1. The molecule has 1 N–H and O–H groups in total. The third-order valence-corrected chi connectivity index (χ3v) is 8.24. The summed E-state index contributed by atoms with van der Waals surface area (Å²) in [6, 6.07) is 14.0. The smallest absolute Gasteiger partial charge is 0.282 e. The van der Waals surface area contributed by atoms with Crippen molar-refractivity contribution in [1.29, 1.82) is 0 Å². The Balaban J connectivity index is 1.12. The van der Waals surface area contributed by atoms with E-state index in [0.717, 1.165) is 53.6 Å². The van der Waals surface area contributed by atoms with Crippen molar-refractivity contribution in [3.05, 3.63) is 73.6 Å². The Hall–Kier alpha value is -2.39. The molecule has 0 spiro atoms. The van der Waals surface area contributed by atoms with Crippen LogP contribution in [-0.2, 0) is 13.1 Å². The van der Waals surface area contributed by atoms with E-state index in [4.69, 9.17) is 16.6 Å². The average Bonchev–Trinajstić information content (AvgIpc) is 3.46. The lowest BCUT2D eigenvalue weighted by molar-refractivity contribution is 0.0950. The van der Waals surface area contributed by atoms with E-state index in [2.05, 4.69) is 26.5 Å². The van der Waals surface area contributed by atoms with Crippen LogP contribution >= 0.6 is 34.3 Å². The van der Waals surface area contributed by atoms with Gasteiger partial charge in [-0.05, 0) is 56.6 Å². The van der Waals surface area contributed by atoms with Gasteiger partial charge in [0, 0.05) is 17.5 Å². The van der Waals surface area contributed by atoms with Crippen LogP contribution in [0.2, 0.25) is 5.02 Å². The van der Waals surface area contributed by atoms with E-state index in [1.165, 1.54) is 26.6 Å². The van der Waals surface area contributed by atoms with Crippen LogP contribution in [0.25, 0.3) is 10.2 Å². The SMILES string of the molecule is Cc1ccc(CNC(=O)c2nnc(CN3CCC(c4nc5cc(Cl)ccc5s4)CC3)s2)cc1. The van der Waals surface area contributed by atoms with Crippen LogP contribution in [-0.4, -0.2) is 39.1 Å². The minimum absolute atomic E-state index is 0.172. The van der Waals surface area contributed by atoms with Gasteiger partial charge in [-0.2, -0.15) is 0 Å². The van der Waals surface area contributed by atoms with Crippen molar-refractivity contribution in [3.63, 3.8) is 0 Å². The molecule has 5 rings (SSSR count).